The number of cyclic esters (lactones) is 2. The lowest BCUT2D eigenvalue weighted by Gasteiger charge is -2.23. The van der Waals surface area contributed by atoms with Gasteiger partial charge in [0, 0.05) is 35.9 Å². The predicted molar refractivity (Wildman–Crippen MR) is 188 cm³/mol. The maximum Gasteiger partial charge on any atom is 0.323 e. The predicted octanol–water partition coefficient (Wildman–Crippen LogP) is 7.68. The van der Waals surface area contributed by atoms with Gasteiger partial charge in [0.25, 0.3) is 0 Å². The van der Waals surface area contributed by atoms with E-state index >= 15 is 0 Å². The maximum absolute atomic E-state index is 13.0. The Morgan fingerprint density at radius 2 is 1.15 bits per heavy atom. The molecule has 0 bridgehead atoms. The third-order valence-corrected chi connectivity index (χ3v) is 11.7. The number of aryl methyl sites for hydroxylation is 2. The molecule has 8 nitrogen and oxygen atoms in total. The molecule has 264 valence electrons. The smallest absolute Gasteiger partial charge is 0.323 e. The third-order valence-electron chi connectivity index (χ3n) is 9.50. The van der Waals surface area contributed by atoms with Crippen molar-refractivity contribution >= 4 is 47.4 Å². The van der Waals surface area contributed by atoms with Crippen molar-refractivity contribution in [1.29, 1.82) is 0 Å². The van der Waals surface area contributed by atoms with E-state index in [0.717, 1.165) is 24.3 Å². The average Bonchev–Trinajstić information content (AvgIpc) is 3.50. The second kappa shape index (κ2) is 17.5. The molecule has 2 aliphatic rings. The van der Waals surface area contributed by atoms with Gasteiger partial charge in [-0.05, 0) is 100.0 Å². The van der Waals surface area contributed by atoms with Gasteiger partial charge in [-0.1, -0.05) is 33.8 Å². The van der Waals surface area contributed by atoms with Crippen molar-refractivity contribution in [3.05, 3.63) is 33.9 Å². The monoisotopic (exact) mass is 692 g/mol. The van der Waals surface area contributed by atoms with Gasteiger partial charge in [0.2, 0.25) is 0 Å². The van der Waals surface area contributed by atoms with Gasteiger partial charge in [-0.2, -0.15) is 23.5 Å². The molecule has 2 saturated heterocycles. The average molecular weight is 693 g/mol. The van der Waals surface area contributed by atoms with Gasteiger partial charge in [0.1, 0.15) is 12.2 Å². The van der Waals surface area contributed by atoms with E-state index in [9.17, 15) is 19.2 Å². The number of esters is 4. The van der Waals surface area contributed by atoms with Gasteiger partial charge in [0.15, 0.2) is 10.8 Å². The Bertz CT molecular complexity index is 1190. The zero-order valence-electron chi connectivity index (χ0n) is 30.0. The summed E-state index contributed by atoms with van der Waals surface area (Å²) in [6, 6.07) is 2.22. The van der Waals surface area contributed by atoms with Gasteiger partial charge in [0.05, 0.1) is 13.2 Å². The molecule has 2 aliphatic heterocycles. The Kier molecular flexibility index (Phi) is 14.6. The summed E-state index contributed by atoms with van der Waals surface area (Å²) in [7, 11) is 0. The highest BCUT2D eigenvalue weighted by Gasteiger charge is 2.56. The Hall–Kier alpha value is -2.20. The van der Waals surface area contributed by atoms with E-state index in [1.54, 1.807) is 37.4 Å². The zero-order valence-corrected chi connectivity index (χ0v) is 31.6. The first-order chi connectivity index (χ1) is 22.2. The van der Waals surface area contributed by atoms with Crippen molar-refractivity contribution in [1.82, 2.24) is 0 Å². The quantitative estimate of drug-likeness (QED) is 0.0864. The van der Waals surface area contributed by atoms with Gasteiger partial charge in [-0.3, -0.25) is 19.2 Å². The molecule has 2 fully saturated rings. The summed E-state index contributed by atoms with van der Waals surface area (Å²) >= 11 is 3.44. The summed E-state index contributed by atoms with van der Waals surface area (Å²) in [6.45, 7) is 18.7. The van der Waals surface area contributed by atoms with Crippen LogP contribution < -0.4 is 0 Å². The molecule has 0 saturated carbocycles. The molecule has 0 aliphatic carbocycles. The number of hydrogen-bond acceptors (Lipinski definition) is 10. The third kappa shape index (κ3) is 9.49. The van der Waals surface area contributed by atoms with Crippen LogP contribution in [-0.2, 0) is 49.6 Å². The van der Waals surface area contributed by atoms with E-state index in [1.165, 1.54) is 27.8 Å². The van der Waals surface area contributed by atoms with Gasteiger partial charge < -0.3 is 18.9 Å². The number of thioether (sulfide) groups is 2. The van der Waals surface area contributed by atoms with E-state index < -0.39 is 34.7 Å². The first-order valence-corrected chi connectivity index (χ1v) is 19.5. The highest BCUT2D eigenvalue weighted by Crippen LogP contribution is 2.43. The lowest BCUT2D eigenvalue weighted by atomic mass is 9.79. The first kappa shape index (κ1) is 39.2. The Morgan fingerprint density at radius 1 is 0.766 bits per heavy atom. The van der Waals surface area contributed by atoms with Crippen LogP contribution in [0.3, 0.4) is 0 Å². The molecule has 0 aromatic heterocycles. The summed E-state index contributed by atoms with van der Waals surface area (Å²) < 4.78 is 22.2. The summed E-state index contributed by atoms with van der Waals surface area (Å²) in [5, 5.41) is 0. The van der Waals surface area contributed by atoms with Crippen LogP contribution in [0.1, 0.15) is 108 Å². The van der Waals surface area contributed by atoms with Crippen LogP contribution in [-0.4, -0.2) is 60.8 Å². The van der Waals surface area contributed by atoms with Crippen LogP contribution in [0.25, 0.3) is 0 Å². The molecular weight excluding hydrogens is 637 g/mol. The van der Waals surface area contributed by atoms with Gasteiger partial charge in [-0.25, -0.2) is 0 Å². The van der Waals surface area contributed by atoms with Gasteiger partial charge in [-0.15, -0.1) is 0 Å². The minimum atomic E-state index is -1.20. The molecule has 4 unspecified atom stereocenters. The maximum atomic E-state index is 13.0. The molecule has 0 spiro atoms. The van der Waals surface area contributed by atoms with E-state index in [4.69, 9.17) is 18.9 Å². The van der Waals surface area contributed by atoms with E-state index in [0.29, 0.717) is 49.0 Å². The molecule has 3 rings (SSSR count). The van der Waals surface area contributed by atoms with Crippen LogP contribution in [0.2, 0.25) is 0 Å². The summed E-state index contributed by atoms with van der Waals surface area (Å²) in [4.78, 5) is 52.0. The molecule has 0 radical (unpaired) electrons. The minimum absolute atomic E-state index is 0.236. The molecule has 0 amide bonds. The molecule has 4 atom stereocenters. The molecule has 47 heavy (non-hydrogen) atoms. The SMILES string of the molecule is CCOC(=O)C1(CCC(C)C)CC(CSCc2c(C)cc(C)c(CSCC3CC(CCC(C)C)(C(=O)OCC)C(=O)O3)c2C)OC1=O. The van der Waals surface area contributed by atoms with Crippen LogP contribution in [0.5, 0.6) is 0 Å². The first-order valence-electron chi connectivity index (χ1n) is 17.2. The van der Waals surface area contributed by atoms with Crippen molar-refractivity contribution in [2.75, 3.05) is 24.7 Å². The normalized spacial score (nSPS) is 24.1. The largest absolute Gasteiger partial charge is 0.465 e. The fourth-order valence-corrected chi connectivity index (χ4v) is 9.03. The Morgan fingerprint density at radius 3 is 1.49 bits per heavy atom. The highest BCUT2D eigenvalue weighted by molar-refractivity contribution is 7.98. The number of hydrogen-bond donors (Lipinski definition) is 0. The fraction of sp³-hybridized carbons (Fsp3) is 0.730. The van der Waals surface area contributed by atoms with E-state index in [2.05, 4.69) is 54.5 Å². The van der Waals surface area contributed by atoms with E-state index in [1.807, 2.05) is 0 Å². The number of carbonyl (C=O) groups excluding carboxylic acids is 4. The summed E-state index contributed by atoms with van der Waals surface area (Å²) in [5.74, 6) is 1.66. The molecular formula is C37H56O8S2. The van der Waals surface area contributed by atoms with E-state index in [-0.39, 0.29) is 25.4 Å². The molecule has 1 aromatic rings. The number of rotatable bonds is 18. The van der Waals surface area contributed by atoms with Crippen LogP contribution in [0, 0.1) is 43.4 Å². The van der Waals surface area contributed by atoms with Crippen molar-refractivity contribution in [2.24, 2.45) is 22.7 Å². The fourth-order valence-electron chi connectivity index (χ4n) is 6.60. The Labute approximate surface area is 290 Å². The number of ether oxygens (including phenoxy) is 4. The molecule has 0 N–H and O–H groups in total. The second-order valence-corrected chi connectivity index (χ2v) is 16.1. The summed E-state index contributed by atoms with van der Waals surface area (Å²) in [6.07, 6.45) is 2.46. The van der Waals surface area contributed by atoms with Crippen molar-refractivity contribution in [2.45, 2.75) is 125 Å². The highest BCUT2D eigenvalue weighted by atomic mass is 32.2. The zero-order chi connectivity index (χ0) is 34.9. The van der Waals surface area contributed by atoms with Crippen molar-refractivity contribution < 1.29 is 38.1 Å². The van der Waals surface area contributed by atoms with Crippen LogP contribution in [0.4, 0.5) is 0 Å². The lowest BCUT2D eigenvalue weighted by Crippen LogP contribution is -2.38. The minimum Gasteiger partial charge on any atom is -0.465 e. The van der Waals surface area contributed by atoms with Crippen molar-refractivity contribution in [3.63, 3.8) is 0 Å². The molecule has 1 aromatic carbocycles. The van der Waals surface area contributed by atoms with Crippen LogP contribution in [0.15, 0.2) is 6.07 Å². The number of benzene rings is 1. The topological polar surface area (TPSA) is 105 Å². The van der Waals surface area contributed by atoms with Crippen LogP contribution >= 0.6 is 23.5 Å². The molecule has 2 heterocycles. The standard InChI is InChI=1S/C37H56O8S2/c1-10-42-32(38)36(14-12-23(3)4)17-28(44-34(36)40)19-46-21-30-25(7)16-26(8)31(27(30)9)22-47-20-29-18-37(35(41)45-29,15-13-24(5)6)33(39)43-11-2/h16,23-24,28-29H,10-15,17-22H2,1-9H3. The van der Waals surface area contributed by atoms with Gasteiger partial charge >= 0.3 is 23.9 Å². The summed E-state index contributed by atoms with van der Waals surface area (Å²) in [5.41, 5.74) is 3.80. The lowest BCUT2D eigenvalue weighted by molar-refractivity contribution is -0.167. The Balaban J connectivity index is 1.62. The number of carbonyl (C=O) groups is 4. The van der Waals surface area contributed by atoms with Crippen molar-refractivity contribution in [3.8, 4) is 0 Å². The second-order valence-electron chi connectivity index (χ2n) is 14.1. The molecule has 10 heteroatoms.